The average molecular weight is 352 g/mol. The summed E-state index contributed by atoms with van der Waals surface area (Å²) in [4.78, 5) is 21.2. The first-order chi connectivity index (χ1) is 12.6. The first-order valence-electron chi connectivity index (χ1n) is 8.52. The number of nitrogens with two attached hydrogens (primary N) is 1. The summed E-state index contributed by atoms with van der Waals surface area (Å²) in [5.41, 5.74) is 8.80. The summed E-state index contributed by atoms with van der Waals surface area (Å²) >= 11 is 0. The minimum absolute atomic E-state index is 0.0232. The highest BCUT2D eigenvalue weighted by Gasteiger charge is 2.16. The molecule has 1 saturated heterocycles. The van der Waals surface area contributed by atoms with Gasteiger partial charge in [-0.3, -0.25) is 14.7 Å². The summed E-state index contributed by atoms with van der Waals surface area (Å²) in [6, 6.07) is 8.92. The smallest absolute Gasteiger partial charge is 0.248 e. The lowest BCUT2D eigenvalue weighted by Crippen LogP contribution is -2.35. The van der Waals surface area contributed by atoms with E-state index in [4.69, 9.17) is 10.5 Å². The number of pyridine rings is 1. The number of nitrogens with zero attached hydrogens (tertiary/aromatic N) is 2. The summed E-state index contributed by atoms with van der Waals surface area (Å²) < 4.78 is 5.36. The van der Waals surface area contributed by atoms with Gasteiger partial charge in [0.2, 0.25) is 5.91 Å². The number of fused-ring (bicyclic) bond motifs is 1. The molecule has 134 valence electrons. The Balaban J connectivity index is 1.65. The maximum atomic E-state index is 11.5. The number of aromatic hydroxyl groups is 1. The number of H-pyrrole nitrogens is 1. The predicted molar refractivity (Wildman–Crippen MR) is 97.8 cm³/mol. The van der Waals surface area contributed by atoms with E-state index in [1.54, 1.807) is 18.2 Å². The van der Waals surface area contributed by atoms with Gasteiger partial charge < -0.3 is 20.6 Å². The van der Waals surface area contributed by atoms with Crippen LogP contribution in [0.1, 0.15) is 15.9 Å². The van der Waals surface area contributed by atoms with Crippen molar-refractivity contribution in [3.05, 3.63) is 47.7 Å². The number of primary amides is 1. The molecule has 0 saturated carbocycles. The highest BCUT2D eigenvalue weighted by molar-refractivity contribution is 6.03. The van der Waals surface area contributed by atoms with Crippen LogP contribution in [-0.4, -0.2) is 52.2 Å². The fourth-order valence-electron chi connectivity index (χ4n) is 3.27. The molecule has 1 aliphatic heterocycles. The van der Waals surface area contributed by atoms with Gasteiger partial charge in [-0.05, 0) is 29.8 Å². The fraction of sp³-hybridized carbons (Fsp3) is 0.263. The molecule has 2 aromatic heterocycles. The summed E-state index contributed by atoms with van der Waals surface area (Å²) in [6.45, 7) is 4.18. The number of aromatic amines is 1. The zero-order chi connectivity index (χ0) is 18.1. The Morgan fingerprint density at radius 1 is 1.27 bits per heavy atom. The first-order valence-corrected chi connectivity index (χ1v) is 8.52. The van der Waals surface area contributed by atoms with Crippen LogP contribution in [0.15, 0.2) is 36.5 Å². The van der Waals surface area contributed by atoms with Crippen molar-refractivity contribution in [3.8, 4) is 17.1 Å². The second kappa shape index (κ2) is 6.78. The third kappa shape index (κ3) is 3.14. The van der Waals surface area contributed by atoms with Crippen LogP contribution in [0.5, 0.6) is 5.88 Å². The predicted octanol–water partition coefficient (Wildman–Crippen LogP) is 1.87. The molecule has 0 unspecified atom stereocenters. The molecule has 1 amide bonds. The Kier molecular flexibility index (Phi) is 4.32. The number of rotatable bonds is 4. The Morgan fingerprint density at radius 3 is 2.77 bits per heavy atom. The second-order valence-electron chi connectivity index (χ2n) is 6.41. The van der Waals surface area contributed by atoms with E-state index in [0.717, 1.165) is 43.9 Å². The van der Waals surface area contributed by atoms with Crippen LogP contribution in [0.4, 0.5) is 0 Å². The molecule has 3 heterocycles. The van der Waals surface area contributed by atoms with Crippen LogP contribution in [0.25, 0.3) is 22.2 Å². The number of aromatic nitrogens is 2. The second-order valence-corrected chi connectivity index (χ2v) is 6.41. The molecule has 1 aliphatic rings. The lowest BCUT2D eigenvalue weighted by atomic mass is 10.1. The number of benzene rings is 1. The Hall–Kier alpha value is -2.90. The molecule has 0 aliphatic carbocycles. The van der Waals surface area contributed by atoms with E-state index in [2.05, 4.69) is 14.9 Å². The molecule has 7 heteroatoms. The minimum Gasteiger partial charge on any atom is -0.494 e. The van der Waals surface area contributed by atoms with Crippen molar-refractivity contribution in [2.24, 2.45) is 5.73 Å². The van der Waals surface area contributed by atoms with Gasteiger partial charge in [-0.15, -0.1) is 0 Å². The number of carbonyl (C=O) groups is 1. The standard InChI is InChI=1S/C19H20N4O3/c20-18(24)13-2-4-15-14(9-13)17(19(25)22-15)16-3-1-12(10-21-16)11-23-5-7-26-8-6-23/h1-4,9-10,22,25H,5-8,11H2,(H2,20,24). The summed E-state index contributed by atoms with van der Waals surface area (Å²) in [5, 5.41) is 11.0. The third-order valence-corrected chi connectivity index (χ3v) is 4.65. The van der Waals surface area contributed by atoms with Gasteiger partial charge in [-0.2, -0.15) is 0 Å². The SMILES string of the molecule is NC(=O)c1ccc2[nH]c(O)c(-c3ccc(CN4CCOCC4)cn3)c2c1. The lowest BCUT2D eigenvalue weighted by molar-refractivity contribution is 0.0341. The van der Waals surface area contributed by atoms with Crippen LogP contribution in [0.2, 0.25) is 0 Å². The van der Waals surface area contributed by atoms with E-state index in [1.807, 2.05) is 18.3 Å². The van der Waals surface area contributed by atoms with E-state index in [1.165, 1.54) is 0 Å². The number of hydrogen-bond donors (Lipinski definition) is 3. The topological polar surface area (TPSA) is 104 Å². The van der Waals surface area contributed by atoms with Crippen LogP contribution in [0.3, 0.4) is 0 Å². The molecular formula is C19H20N4O3. The molecule has 4 rings (SSSR count). The summed E-state index contributed by atoms with van der Waals surface area (Å²) in [5.74, 6) is -0.484. The zero-order valence-electron chi connectivity index (χ0n) is 14.2. The zero-order valence-corrected chi connectivity index (χ0v) is 14.2. The molecule has 7 nitrogen and oxygen atoms in total. The van der Waals surface area contributed by atoms with Gasteiger partial charge in [0.15, 0.2) is 5.88 Å². The molecule has 0 bridgehead atoms. The van der Waals surface area contributed by atoms with Crippen molar-refractivity contribution in [1.82, 2.24) is 14.9 Å². The average Bonchev–Trinajstić information content (AvgIpc) is 2.98. The Bertz CT molecular complexity index is 943. The molecule has 1 fully saturated rings. The number of morpholine rings is 1. The van der Waals surface area contributed by atoms with Crippen molar-refractivity contribution >= 4 is 16.8 Å². The fourth-order valence-corrected chi connectivity index (χ4v) is 3.27. The van der Waals surface area contributed by atoms with Crippen LogP contribution < -0.4 is 5.73 Å². The number of carbonyl (C=O) groups excluding carboxylic acids is 1. The Morgan fingerprint density at radius 2 is 2.08 bits per heavy atom. The largest absolute Gasteiger partial charge is 0.494 e. The maximum absolute atomic E-state index is 11.5. The van der Waals surface area contributed by atoms with Gasteiger partial charge in [0.25, 0.3) is 0 Å². The van der Waals surface area contributed by atoms with E-state index in [9.17, 15) is 9.90 Å². The maximum Gasteiger partial charge on any atom is 0.248 e. The van der Waals surface area contributed by atoms with Gasteiger partial charge in [-0.1, -0.05) is 6.07 Å². The van der Waals surface area contributed by atoms with E-state index in [0.29, 0.717) is 22.2 Å². The third-order valence-electron chi connectivity index (χ3n) is 4.65. The number of ether oxygens (including phenoxy) is 1. The first kappa shape index (κ1) is 16.6. The van der Waals surface area contributed by atoms with Gasteiger partial charge in [0.05, 0.1) is 24.5 Å². The highest BCUT2D eigenvalue weighted by Crippen LogP contribution is 2.36. The van der Waals surface area contributed by atoms with Crippen molar-refractivity contribution in [2.75, 3.05) is 26.3 Å². The van der Waals surface area contributed by atoms with Gasteiger partial charge >= 0.3 is 0 Å². The van der Waals surface area contributed by atoms with Crippen molar-refractivity contribution in [2.45, 2.75) is 6.54 Å². The van der Waals surface area contributed by atoms with Crippen LogP contribution in [0, 0.1) is 0 Å². The Labute approximate surface area is 150 Å². The number of nitrogens with one attached hydrogen (secondary N) is 1. The van der Waals surface area contributed by atoms with Crippen LogP contribution >= 0.6 is 0 Å². The quantitative estimate of drug-likeness (QED) is 0.665. The van der Waals surface area contributed by atoms with E-state index < -0.39 is 5.91 Å². The molecule has 4 N–H and O–H groups in total. The number of amides is 1. The summed E-state index contributed by atoms with van der Waals surface area (Å²) in [7, 11) is 0. The minimum atomic E-state index is -0.507. The number of hydrogen-bond acceptors (Lipinski definition) is 5. The van der Waals surface area contributed by atoms with Crippen molar-refractivity contribution < 1.29 is 14.6 Å². The van der Waals surface area contributed by atoms with Gasteiger partial charge in [0.1, 0.15) is 0 Å². The monoisotopic (exact) mass is 352 g/mol. The van der Waals surface area contributed by atoms with E-state index >= 15 is 0 Å². The van der Waals surface area contributed by atoms with Crippen LogP contribution in [-0.2, 0) is 11.3 Å². The molecule has 0 spiro atoms. The van der Waals surface area contributed by atoms with Gasteiger partial charge in [-0.25, -0.2) is 0 Å². The molecule has 1 aromatic carbocycles. The lowest BCUT2D eigenvalue weighted by Gasteiger charge is -2.26. The molecule has 0 radical (unpaired) electrons. The highest BCUT2D eigenvalue weighted by atomic mass is 16.5. The molecule has 0 atom stereocenters. The molecule has 3 aromatic rings. The molecular weight excluding hydrogens is 332 g/mol. The van der Waals surface area contributed by atoms with Crippen molar-refractivity contribution in [1.29, 1.82) is 0 Å². The van der Waals surface area contributed by atoms with E-state index in [-0.39, 0.29) is 5.88 Å². The summed E-state index contributed by atoms with van der Waals surface area (Å²) in [6.07, 6.45) is 1.82. The molecule has 26 heavy (non-hydrogen) atoms. The van der Waals surface area contributed by atoms with Crippen molar-refractivity contribution in [3.63, 3.8) is 0 Å². The normalized spacial score (nSPS) is 15.4. The van der Waals surface area contributed by atoms with Gasteiger partial charge in [0, 0.05) is 42.3 Å².